The third-order valence-corrected chi connectivity index (χ3v) is 2.17. The van der Waals surface area contributed by atoms with E-state index in [4.69, 9.17) is 9.84 Å². The predicted octanol–water partition coefficient (Wildman–Crippen LogP) is 1.40. The molecule has 6 heteroatoms. The Balaban J connectivity index is 2.62. The summed E-state index contributed by atoms with van der Waals surface area (Å²) in [6.45, 7) is 0. The summed E-state index contributed by atoms with van der Waals surface area (Å²) >= 11 is 0. The number of fused-ring (bicyclic) bond motifs is 1. The van der Waals surface area contributed by atoms with Crippen molar-refractivity contribution in [1.29, 1.82) is 0 Å². The molecule has 0 radical (unpaired) electrons. The topological polar surface area (TPSA) is 72.3 Å². The molecule has 1 aromatic heterocycles. The van der Waals surface area contributed by atoms with Crippen LogP contribution < -0.4 is 4.74 Å². The fraction of sp³-hybridized carbons (Fsp3) is 0.182. The third kappa shape index (κ3) is 2.30. The molecule has 1 aromatic carbocycles. The number of hydrogen-bond acceptors (Lipinski definition) is 4. The summed E-state index contributed by atoms with van der Waals surface area (Å²) < 4.78 is 18.1. The van der Waals surface area contributed by atoms with Crippen molar-refractivity contribution in [2.45, 2.75) is 6.42 Å². The molecule has 0 saturated heterocycles. The van der Waals surface area contributed by atoms with Gasteiger partial charge in [0.05, 0.1) is 18.0 Å². The minimum atomic E-state index is -1.05. The second-order valence-corrected chi connectivity index (χ2v) is 3.38. The first kappa shape index (κ1) is 11.3. The molecule has 17 heavy (non-hydrogen) atoms. The van der Waals surface area contributed by atoms with Crippen molar-refractivity contribution in [1.82, 2.24) is 9.97 Å². The summed E-state index contributed by atoms with van der Waals surface area (Å²) in [5, 5.41) is 9.21. The highest BCUT2D eigenvalue weighted by Crippen LogP contribution is 2.22. The lowest BCUT2D eigenvalue weighted by atomic mass is 10.2. The van der Waals surface area contributed by atoms with Crippen LogP contribution in [0.5, 0.6) is 5.88 Å². The highest BCUT2D eigenvalue weighted by Gasteiger charge is 2.11. The number of aromatic nitrogens is 2. The lowest BCUT2D eigenvalue weighted by Gasteiger charge is -2.06. The van der Waals surface area contributed by atoms with E-state index in [-0.39, 0.29) is 18.1 Å². The lowest BCUT2D eigenvalue weighted by Crippen LogP contribution is -2.06. The SMILES string of the molecule is COc1nc(CC(=O)O)nc2cc(F)ccc12. The highest BCUT2D eigenvalue weighted by molar-refractivity contribution is 5.84. The van der Waals surface area contributed by atoms with Crippen molar-refractivity contribution in [3.63, 3.8) is 0 Å². The number of benzene rings is 1. The molecule has 2 aromatic rings. The first-order valence-corrected chi connectivity index (χ1v) is 4.82. The van der Waals surface area contributed by atoms with Crippen molar-refractivity contribution >= 4 is 16.9 Å². The molecule has 0 fully saturated rings. The van der Waals surface area contributed by atoms with E-state index in [1.54, 1.807) is 0 Å². The van der Waals surface area contributed by atoms with Gasteiger partial charge in [-0.2, -0.15) is 4.98 Å². The van der Waals surface area contributed by atoms with Crippen LogP contribution >= 0.6 is 0 Å². The van der Waals surface area contributed by atoms with Crippen LogP contribution in [0.4, 0.5) is 4.39 Å². The van der Waals surface area contributed by atoms with Crippen molar-refractivity contribution in [2.75, 3.05) is 7.11 Å². The quantitative estimate of drug-likeness (QED) is 0.872. The van der Waals surface area contributed by atoms with Gasteiger partial charge in [-0.15, -0.1) is 0 Å². The number of nitrogens with zero attached hydrogens (tertiary/aromatic N) is 2. The van der Waals surface area contributed by atoms with E-state index in [0.717, 1.165) is 0 Å². The molecule has 0 amide bonds. The number of aliphatic carboxylic acids is 1. The Kier molecular flexibility index (Phi) is 2.86. The van der Waals surface area contributed by atoms with E-state index in [1.165, 1.54) is 25.3 Å². The molecular formula is C11H9FN2O3. The van der Waals surface area contributed by atoms with E-state index in [2.05, 4.69) is 9.97 Å². The Labute approximate surface area is 95.9 Å². The van der Waals surface area contributed by atoms with Crippen LogP contribution in [0.1, 0.15) is 5.82 Å². The summed E-state index contributed by atoms with van der Waals surface area (Å²) in [7, 11) is 1.41. The van der Waals surface area contributed by atoms with Crippen LogP contribution in [0.3, 0.4) is 0 Å². The van der Waals surface area contributed by atoms with Crippen molar-refractivity contribution in [3.8, 4) is 5.88 Å². The fourth-order valence-electron chi connectivity index (χ4n) is 1.49. The van der Waals surface area contributed by atoms with Crippen LogP contribution in [0, 0.1) is 5.82 Å². The van der Waals surface area contributed by atoms with Gasteiger partial charge in [-0.1, -0.05) is 0 Å². The summed E-state index contributed by atoms with van der Waals surface area (Å²) in [4.78, 5) is 18.5. The smallest absolute Gasteiger partial charge is 0.311 e. The van der Waals surface area contributed by atoms with Gasteiger partial charge in [0.1, 0.15) is 18.1 Å². The number of hydrogen-bond donors (Lipinski definition) is 1. The average Bonchev–Trinajstić information content (AvgIpc) is 2.26. The molecule has 0 atom stereocenters. The summed E-state index contributed by atoms with van der Waals surface area (Å²) in [5.74, 6) is -1.17. The largest absolute Gasteiger partial charge is 0.481 e. The van der Waals surface area contributed by atoms with Gasteiger partial charge in [-0.05, 0) is 12.1 Å². The van der Waals surface area contributed by atoms with Crippen molar-refractivity contribution in [3.05, 3.63) is 29.8 Å². The molecule has 0 spiro atoms. The summed E-state index contributed by atoms with van der Waals surface area (Å²) in [6.07, 6.45) is -0.331. The van der Waals surface area contributed by atoms with Crippen molar-refractivity contribution < 1.29 is 19.0 Å². The summed E-state index contributed by atoms with van der Waals surface area (Å²) in [6, 6.07) is 3.98. The lowest BCUT2D eigenvalue weighted by molar-refractivity contribution is -0.136. The minimum Gasteiger partial charge on any atom is -0.481 e. The molecule has 1 N–H and O–H groups in total. The number of methoxy groups -OCH3 is 1. The molecular weight excluding hydrogens is 227 g/mol. The molecule has 0 aliphatic rings. The Bertz CT molecular complexity index is 586. The van der Waals surface area contributed by atoms with Crippen LogP contribution in [0.15, 0.2) is 18.2 Å². The number of ether oxygens (including phenoxy) is 1. The van der Waals surface area contributed by atoms with E-state index in [1.807, 2.05) is 0 Å². The van der Waals surface area contributed by atoms with Crippen molar-refractivity contribution in [2.24, 2.45) is 0 Å². The molecule has 0 bridgehead atoms. The van der Waals surface area contributed by atoms with E-state index < -0.39 is 11.8 Å². The van der Waals surface area contributed by atoms with E-state index in [9.17, 15) is 9.18 Å². The van der Waals surface area contributed by atoms with Gasteiger partial charge in [0, 0.05) is 6.07 Å². The maximum atomic E-state index is 13.0. The number of carboxylic acid groups (broad SMARTS) is 1. The molecule has 2 rings (SSSR count). The Morgan fingerprint density at radius 2 is 2.24 bits per heavy atom. The second-order valence-electron chi connectivity index (χ2n) is 3.38. The van der Waals surface area contributed by atoms with Crippen LogP contribution in [-0.4, -0.2) is 28.2 Å². The number of carbonyl (C=O) groups is 1. The molecule has 5 nitrogen and oxygen atoms in total. The van der Waals surface area contributed by atoms with Crippen LogP contribution in [0.2, 0.25) is 0 Å². The van der Waals surface area contributed by atoms with E-state index in [0.29, 0.717) is 10.9 Å². The molecule has 0 aliphatic heterocycles. The Morgan fingerprint density at radius 3 is 2.88 bits per heavy atom. The molecule has 1 heterocycles. The van der Waals surface area contributed by atoms with Gasteiger partial charge in [0.2, 0.25) is 5.88 Å². The number of halogens is 1. The minimum absolute atomic E-state index is 0.0902. The van der Waals surface area contributed by atoms with Crippen LogP contribution in [0.25, 0.3) is 10.9 Å². The van der Waals surface area contributed by atoms with Crippen LogP contribution in [-0.2, 0) is 11.2 Å². The maximum absolute atomic E-state index is 13.0. The van der Waals surface area contributed by atoms with Gasteiger partial charge in [-0.25, -0.2) is 9.37 Å². The van der Waals surface area contributed by atoms with Gasteiger partial charge < -0.3 is 9.84 Å². The fourth-order valence-corrected chi connectivity index (χ4v) is 1.49. The first-order valence-electron chi connectivity index (χ1n) is 4.82. The molecule has 0 aliphatic carbocycles. The third-order valence-electron chi connectivity index (χ3n) is 2.17. The van der Waals surface area contributed by atoms with Gasteiger partial charge in [0.25, 0.3) is 0 Å². The Morgan fingerprint density at radius 1 is 1.47 bits per heavy atom. The first-order chi connectivity index (χ1) is 8.10. The number of carboxylic acids is 1. The maximum Gasteiger partial charge on any atom is 0.311 e. The second kappa shape index (κ2) is 4.32. The van der Waals surface area contributed by atoms with Gasteiger partial charge in [-0.3, -0.25) is 4.79 Å². The highest BCUT2D eigenvalue weighted by atomic mass is 19.1. The zero-order valence-electron chi connectivity index (χ0n) is 8.98. The summed E-state index contributed by atoms with van der Waals surface area (Å²) in [5.41, 5.74) is 0.327. The predicted molar refractivity (Wildman–Crippen MR) is 57.4 cm³/mol. The van der Waals surface area contributed by atoms with Gasteiger partial charge >= 0.3 is 5.97 Å². The molecule has 0 saturated carbocycles. The standard InChI is InChI=1S/C11H9FN2O3/c1-17-11-7-3-2-6(12)4-8(7)13-9(14-11)5-10(15)16/h2-4H,5H2,1H3,(H,15,16). The molecule has 0 unspecified atom stereocenters. The average molecular weight is 236 g/mol. The molecule has 88 valence electrons. The zero-order valence-corrected chi connectivity index (χ0v) is 8.98. The van der Waals surface area contributed by atoms with E-state index >= 15 is 0 Å². The monoisotopic (exact) mass is 236 g/mol. The normalized spacial score (nSPS) is 10.5. The zero-order chi connectivity index (χ0) is 12.4. The van der Waals surface area contributed by atoms with Gasteiger partial charge in [0.15, 0.2) is 0 Å². The Hall–Kier alpha value is -2.24. The number of rotatable bonds is 3.